The van der Waals surface area contributed by atoms with E-state index in [1.807, 2.05) is 0 Å². The first kappa shape index (κ1) is 12.3. The molecule has 2 unspecified atom stereocenters. The lowest BCUT2D eigenvalue weighted by Gasteiger charge is -2.41. The number of nitrogens with one attached hydrogen (secondary N) is 1. The topological polar surface area (TPSA) is 58.3 Å². The highest BCUT2D eigenvalue weighted by atomic mass is 16.3. The maximum atomic E-state index is 8.83. The van der Waals surface area contributed by atoms with E-state index < -0.39 is 0 Å². The Balaban J connectivity index is 1.85. The summed E-state index contributed by atoms with van der Waals surface area (Å²) in [5, 5.41) is 12.4. The van der Waals surface area contributed by atoms with Gasteiger partial charge in [0, 0.05) is 18.7 Å². The van der Waals surface area contributed by atoms with Gasteiger partial charge in [-0.25, -0.2) is 0 Å². The van der Waals surface area contributed by atoms with Crippen LogP contribution in [0.15, 0.2) is 0 Å². The molecule has 3 nitrogen and oxygen atoms in total. The summed E-state index contributed by atoms with van der Waals surface area (Å²) in [5.41, 5.74) is 6.16. The Labute approximate surface area is 98.8 Å². The van der Waals surface area contributed by atoms with Crippen LogP contribution in [0.4, 0.5) is 0 Å². The van der Waals surface area contributed by atoms with Crippen molar-refractivity contribution in [1.29, 1.82) is 0 Å². The van der Waals surface area contributed by atoms with E-state index in [2.05, 4.69) is 5.32 Å². The predicted molar refractivity (Wildman–Crippen MR) is 66.2 cm³/mol. The Morgan fingerprint density at radius 1 is 1.25 bits per heavy atom. The van der Waals surface area contributed by atoms with E-state index in [1.54, 1.807) is 0 Å². The molecular weight excluding hydrogens is 200 g/mol. The quantitative estimate of drug-likeness (QED) is 0.598. The Morgan fingerprint density at radius 3 is 2.69 bits per heavy atom. The fraction of sp³-hybridized carbons (Fsp3) is 1.00. The van der Waals surface area contributed by atoms with Gasteiger partial charge in [-0.05, 0) is 50.5 Å². The summed E-state index contributed by atoms with van der Waals surface area (Å²) in [7, 11) is 0. The van der Waals surface area contributed by atoms with Crippen molar-refractivity contribution in [2.75, 3.05) is 19.7 Å². The monoisotopic (exact) mass is 226 g/mol. The van der Waals surface area contributed by atoms with Crippen molar-refractivity contribution in [2.45, 2.75) is 50.5 Å². The van der Waals surface area contributed by atoms with Crippen molar-refractivity contribution in [3.8, 4) is 0 Å². The smallest absolute Gasteiger partial charge is 0.0443 e. The highest BCUT2D eigenvalue weighted by Crippen LogP contribution is 2.46. The van der Waals surface area contributed by atoms with E-state index in [1.165, 1.54) is 38.5 Å². The summed E-state index contributed by atoms with van der Waals surface area (Å²) >= 11 is 0. The van der Waals surface area contributed by atoms with Crippen LogP contribution in [0.25, 0.3) is 0 Å². The van der Waals surface area contributed by atoms with Crippen molar-refractivity contribution >= 4 is 0 Å². The maximum absolute atomic E-state index is 8.83. The highest BCUT2D eigenvalue weighted by molar-refractivity contribution is 4.98. The van der Waals surface area contributed by atoms with Gasteiger partial charge in [0.1, 0.15) is 0 Å². The van der Waals surface area contributed by atoms with E-state index in [0.29, 0.717) is 0 Å². The molecular formula is C13H26N2O. The Hall–Kier alpha value is -0.120. The molecule has 0 aromatic rings. The van der Waals surface area contributed by atoms with Gasteiger partial charge in [0.25, 0.3) is 0 Å². The number of nitrogens with two attached hydrogens (primary N) is 1. The van der Waals surface area contributed by atoms with Crippen molar-refractivity contribution in [2.24, 2.45) is 17.6 Å². The average molecular weight is 226 g/mol. The zero-order valence-electron chi connectivity index (χ0n) is 10.3. The van der Waals surface area contributed by atoms with E-state index in [0.717, 1.165) is 31.3 Å². The molecule has 0 amide bonds. The molecule has 2 aliphatic carbocycles. The zero-order chi connectivity index (χ0) is 11.4. The van der Waals surface area contributed by atoms with Crippen LogP contribution < -0.4 is 11.1 Å². The number of rotatable bonds is 6. The van der Waals surface area contributed by atoms with Gasteiger partial charge in [-0.15, -0.1) is 0 Å². The molecule has 4 N–H and O–H groups in total. The van der Waals surface area contributed by atoms with Crippen molar-refractivity contribution < 1.29 is 5.11 Å². The van der Waals surface area contributed by atoms with Gasteiger partial charge in [0.2, 0.25) is 0 Å². The van der Waals surface area contributed by atoms with Crippen LogP contribution in [0.1, 0.15) is 44.9 Å². The van der Waals surface area contributed by atoms with Crippen molar-refractivity contribution in [3.63, 3.8) is 0 Å². The largest absolute Gasteiger partial charge is 0.396 e. The minimum Gasteiger partial charge on any atom is -0.396 e. The molecule has 0 heterocycles. The molecule has 2 atom stereocenters. The lowest BCUT2D eigenvalue weighted by Crippen LogP contribution is -2.54. The number of aliphatic hydroxyl groups excluding tert-OH is 1. The third kappa shape index (κ3) is 2.96. The zero-order valence-corrected chi connectivity index (χ0v) is 10.3. The standard InChI is InChI=1S/C13H26N2O/c14-10-13(15-7-2-8-16)6-1-3-12(9-13)11-4-5-11/h11-12,15-16H,1-10,14H2. The Morgan fingerprint density at radius 2 is 2.06 bits per heavy atom. The summed E-state index contributed by atoms with van der Waals surface area (Å²) < 4.78 is 0. The van der Waals surface area contributed by atoms with E-state index >= 15 is 0 Å². The molecule has 0 bridgehead atoms. The molecule has 3 heteroatoms. The third-order valence-corrected chi connectivity index (χ3v) is 4.40. The summed E-state index contributed by atoms with van der Waals surface area (Å²) in [6.45, 7) is 1.94. The van der Waals surface area contributed by atoms with Gasteiger partial charge in [0.15, 0.2) is 0 Å². The molecule has 2 rings (SSSR count). The van der Waals surface area contributed by atoms with Gasteiger partial charge >= 0.3 is 0 Å². The molecule has 2 fully saturated rings. The highest BCUT2D eigenvalue weighted by Gasteiger charge is 2.40. The second-order valence-corrected chi connectivity index (χ2v) is 5.68. The van der Waals surface area contributed by atoms with Gasteiger partial charge in [0.05, 0.1) is 0 Å². The average Bonchev–Trinajstić information content (AvgIpc) is 3.14. The molecule has 0 saturated heterocycles. The first-order chi connectivity index (χ1) is 7.79. The molecule has 2 aliphatic rings. The second kappa shape index (κ2) is 5.48. The van der Waals surface area contributed by atoms with Crippen LogP contribution >= 0.6 is 0 Å². The molecule has 2 saturated carbocycles. The minimum absolute atomic E-state index is 0.181. The fourth-order valence-electron chi connectivity index (χ4n) is 3.23. The van der Waals surface area contributed by atoms with Crippen LogP contribution in [0.2, 0.25) is 0 Å². The summed E-state index contributed by atoms with van der Waals surface area (Å²) in [6, 6.07) is 0. The molecule has 0 aromatic heterocycles. The molecule has 94 valence electrons. The lowest BCUT2D eigenvalue weighted by molar-refractivity contribution is 0.165. The lowest BCUT2D eigenvalue weighted by atomic mass is 9.73. The van der Waals surface area contributed by atoms with Crippen LogP contribution in [-0.4, -0.2) is 30.3 Å². The van der Waals surface area contributed by atoms with E-state index in [9.17, 15) is 0 Å². The van der Waals surface area contributed by atoms with Crippen LogP contribution in [0.3, 0.4) is 0 Å². The fourth-order valence-corrected chi connectivity index (χ4v) is 3.23. The van der Waals surface area contributed by atoms with Crippen molar-refractivity contribution in [1.82, 2.24) is 5.32 Å². The molecule has 0 radical (unpaired) electrons. The SMILES string of the molecule is NCC1(NCCCO)CCCC(C2CC2)C1. The van der Waals surface area contributed by atoms with E-state index in [-0.39, 0.29) is 12.1 Å². The Bertz CT molecular complexity index is 218. The van der Waals surface area contributed by atoms with Crippen LogP contribution in [-0.2, 0) is 0 Å². The molecule has 16 heavy (non-hydrogen) atoms. The summed E-state index contributed by atoms with van der Waals surface area (Å²) in [4.78, 5) is 0. The van der Waals surface area contributed by atoms with Crippen LogP contribution in [0, 0.1) is 11.8 Å². The summed E-state index contributed by atoms with van der Waals surface area (Å²) in [5.74, 6) is 1.92. The first-order valence-corrected chi connectivity index (χ1v) is 6.86. The van der Waals surface area contributed by atoms with Gasteiger partial charge in [-0.2, -0.15) is 0 Å². The maximum Gasteiger partial charge on any atom is 0.0443 e. The van der Waals surface area contributed by atoms with Gasteiger partial charge in [-0.1, -0.05) is 12.8 Å². The van der Waals surface area contributed by atoms with Gasteiger partial charge < -0.3 is 16.2 Å². The normalized spacial score (nSPS) is 35.2. The molecule has 0 aromatic carbocycles. The van der Waals surface area contributed by atoms with E-state index in [4.69, 9.17) is 10.8 Å². The van der Waals surface area contributed by atoms with Crippen molar-refractivity contribution in [3.05, 3.63) is 0 Å². The molecule has 0 spiro atoms. The predicted octanol–water partition coefficient (Wildman–Crippen LogP) is 1.26. The second-order valence-electron chi connectivity index (χ2n) is 5.68. The minimum atomic E-state index is 0.181. The molecule has 0 aliphatic heterocycles. The number of hydrogen-bond donors (Lipinski definition) is 3. The first-order valence-electron chi connectivity index (χ1n) is 6.86. The Kier molecular flexibility index (Phi) is 4.22. The number of hydrogen-bond acceptors (Lipinski definition) is 3. The third-order valence-electron chi connectivity index (χ3n) is 4.40. The van der Waals surface area contributed by atoms with Gasteiger partial charge in [-0.3, -0.25) is 0 Å². The number of aliphatic hydroxyl groups is 1. The van der Waals surface area contributed by atoms with Crippen LogP contribution in [0.5, 0.6) is 0 Å². The summed E-state index contributed by atoms with van der Waals surface area (Å²) in [6.07, 6.45) is 8.95.